The molecule has 5 nitrogen and oxygen atoms in total. The lowest BCUT2D eigenvalue weighted by molar-refractivity contribution is -0.113. The number of carbonyl (C=O) groups is 2. The molecule has 3 aromatic rings. The molecule has 1 heterocycles. The van der Waals surface area contributed by atoms with Gasteiger partial charge in [-0.05, 0) is 48.2 Å². The monoisotopic (exact) mass is 392 g/mol. The van der Waals surface area contributed by atoms with Gasteiger partial charge in [-0.15, -0.1) is 0 Å². The number of ether oxygens (including phenoxy) is 1. The number of urea groups is 1. The van der Waals surface area contributed by atoms with Gasteiger partial charge in [0.2, 0.25) is 0 Å². The van der Waals surface area contributed by atoms with Crippen molar-refractivity contribution in [2.75, 3.05) is 11.5 Å². The first-order valence-corrected chi connectivity index (χ1v) is 9.23. The van der Waals surface area contributed by atoms with E-state index in [0.717, 1.165) is 27.0 Å². The molecule has 0 bridgehead atoms. The van der Waals surface area contributed by atoms with Crippen molar-refractivity contribution in [3.8, 4) is 5.75 Å². The van der Waals surface area contributed by atoms with Gasteiger partial charge in [-0.2, -0.15) is 0 Å². The highest BCUT2D eigenvalue weighted by atomic mass is 35.5. The highest BCUT2D eigenvalue weighted by Crippen LogP contribution is 2.31. The third-order valence-electron chi connectivity index (χ3n) is 4.46. The van der Waals surface area contributed by atoms with Crippen molar-refractivity contribution >= 4 is 46.1 Å². The molecule has 1 aliphatic rings. The van der Waals surface area contributed by atoms with Crippen LogP contribution in [0.3, 0.4) is 0 Å². The van der Waals surface area contributed by atoms with E-state index in [9.17, 15) is 9.59 Å². The second kappa shape index (κ2) is 7.37. The van der Waals surface area contributed by atoms with E-state index in [1.54, 1.807) is 30.3 Å². The standard InChI is InChI=1S/C22H17ClN2O3/c1-2-28-20-11-10-14(17-8-3-4-9-18(17)20)12-19-21(26)25(22(27)24-19)16-7-5-6-15(23)13-16/h3-13H,2H2,1H3,(H,24,27)/b19-12+. The van der Waals surface area contributed by atoms with Crippen molar-refractivity contribution in [3.05, 3.63) is 76.9 Å². The summed E-state index contributed by atoms with van der Waals surface area (Å²) in [4.78, 5) is 26.3. The van der Waals surface area contributed by atoms with E-state index < -0.39 is 11.9 Å². The molecule has 6 heteroatoms. The van der Waals surface area contributed by atoms with E-state index >= 15 is 0 Å². The summed E-state index contributed by atoms with van der Waals surface area (Å²) >= 11 is 5.99. The Morgan fingerprint density at radius 3 is 2.57 bits per heavy atom. The zero-order valence-corrected chi connectivity index (χ0v) is 15.9. The average molecular weight is 393 g/mol. The van der Waals surface area contributed by atoms with Crippen molar-refractivity contribution in [1.82, 2.24) is 5.32 Å². The Morgan fingerprint density at radius 2 is 1.82 bits per heavy atom. The molecule has 0 unspecified atom stereocenters. The van der Waals surface area contributed by atoms with Gasteiger partial charge in [0, 0.05) is 10.4 Å². The molecule has 4 rings (SSSR count). The first-order chi connectivity index (χ1) is 13.6. The minimum atomic E-state index is -0.506. The highest BCUT2D eigenvalue weighted by molar-refractivity contribution is 6.32. The number of carbonyl (C=O) groups excluding carboxylic acids is 2. The Labute approximate surface area is 167 Å². The van der Waals surface area contributed by atoms with Crippen LogP contribution in [0.25, 0.3) is 16.8 Å². The maximum Gasteiger partial charge on any atom is 0.333 e. The summed E-state index contributed by atoms with van der Waals surface area (Å²) in [5.74, 6) is 0.354. The molecule has 28 heavy (non-hydrogen) atoms. The lowest BCUT2D eigenvalue weighted by Crippen LogP contribution is -2.30. The van der Waals surface area contributed by atoms with Crippen LogP contribution in [0, 0.1) is 0 Å². The minimum absolute atomic E-state index is 0.208. The van der Waals surface area contributed by atoms with E-state index in [2.05, 4.69) is 5.32 Å². The van der Waals surface area contributed by atoms with Crippen molar-refractivity contribution < 1.29 is 14.3 Å². The average Bonchev–Trinajstić information content (AvgIpc) is 2.97. The minimum Gasteiger partial charge on any atom is -0.493 e. The smallest absolute Gasteiger partial charge is 0.333 e. The van der Waals surface area contributed by atoms with Gasteiger partial charge in [0.05, 0.1) is 12.3 Å². The third kappa shape index (κ3) is 3.21. The molecule has 0 radical (unpaired) electrons. The van der Waals surface area contributed by atoms with Gasteiger partial charge in [-0.3, -0.25) is 4.79 Å². The fraction of sp³-hybridized carbons (Fsp3) is 0.0909. The molecular formula is C22H17ClN2O3. The maximum atomic E-state index is 12.8. The predicted octanol–water partition coefficient (Wildman–Crippen LogP) is 4.99. The van der Waals surface area contributed by atoms with Gasteiger partial charge < -0.3 is 10.1 Å². The summed E-state index contributed by atoms with van der Waals surface area (Å²) in [7, 11) is 0. The van der Waals surface area contributed by atoms with Crippen molar-refractivity contribution in [2.45, 2.75) is 6.92 Å². The summed E-state index contributed by atoms with van der Waals surface area (Å²) in [5.41, 5.74) is 1.45. The first-order valence-electron chi connectivity index (χ1n) is 8.85. The normalized spacial score (nSPS) is 15.4. The van der Waals surface area contributed by atoms with Gasteiger partial charge >= 0.3 is 6.03 Å². The van der Waals surface area contributed by atoms with E-state index in [0.29, 0.717) is 17.3 Å². The summed E-state index contributed by atoms with van der Waals surface area (Å²) < 4.78 is 5.69. The topological polar surface area (TPSA) is 58.6 Å². The number of benzene rings is 3. The SMILES string of the molecule is CCOc1ccc(/C=C2/NC(=O)N(c3cccc(Cl)c3)C2=O)c2ccccc12. The molecule has 1 N–H and O–H groups in total. The fourth-order valence-corrected chi connectivity index (χ4v) is 3.43. The van der Waals surface area contributed by atoms with Crippen molar-refractivity contribution in [3.63, 3.8) is 0 Å². The van der Waals surface area contributed by atoms with Crippen LogP contribution in [0.5, 0.6) is 5.75 Å². The van der Waals surface area contributed by atoms with Gasteiger partial charge in [0.1, 0.15) is 11.4 Å². The summed E-state index contributed by atoms with van der Waals surface area (Å²) in [5, 5.41) is 4.98. The van der Waals surface area contributed by atoms with Crippen LogP contribution in [-0.4, -0.2) is 18.5 Å². The molecule has 0 spiro atoms. The lowest BCUT2D eigenvalue weighted by Gasteiger charge is -2.12. The zero-order chi connectivity index (χ0) is 19.7. The second-order valence-electron chi connectivity index (χ2n) is 6.24. The number of nitrogens with zero attached hydrogens (tertiary/aromatic N) is 1. The summed E-state index contributed by atoms with van der Waals surface area (Å²) in [6.45, 7) is 2.50. The maximum absolute atomic E-state index is 12.8. The van der Waals surface area contributed by atoms with Gasteiger partial charge in [0.25, 0.3) is 5.91 Å². The molecule has 0 aromatic heterocycles. The lowest BCUT2D eigenvalue weighted by atomic mass is 10.0. The molecule has 1 fully saturated rings. The molecule has 1 aliphatic heterocycles. The molecule has 0 saturated carbocycles. The molecule has 3 aromatic carbocycles. The summed E-state index contributed by atoms with van der Waals surface area (Å²) in [6, 6.07) is 17.7. The van der Waals surface area contributed by atoms with Crippen LogP contribution in [0.2, 0.25) is 5.02 Å². The van der Waals surface area contributed by atoms with Crippen LogP contribution in [0.4, 0.5) is 10.5 Å². The number of nitrogens with one attached hydrogen (secondary N) is 1. The number of rotatable bonds is 4. The highest BCUT2D eigenvalue weighted by Gasteiger charge is 2.35. The number of imide groups is 1. The number of hydrogen-bond acceptors (Lipinski definition) is 3. The Hall–Kier alpha value is -3.31. The van der Waals surface area contributed by atoms with Crippen LogP contribution >= 0.6 is 11.6 Å². The Balaban J connectivity index is 1.75. The quantitative estimate of drug-likeness (QED) is 0.502. The first kappa shape index (κ1) is 18.1. The molecule has 3 amide bonds. The number of hydrogen-bond donors (Lipinski definition) is 1. The van der Waals surface area contributed by atoms with Crippen LogP contribution < -0.4 is 15.0 Å². The van der Waals surface area contributed by atoms with Gasteiger partial charge in [0.15, 0.2) is 0 Å². The number of anilines is 1. The Morgan fingerprint density at radius 1 is 1.04 bits per heavy atom. The third-order valence-corrected chi connectivity index (χ3v) is 4.70. The molecule has 1 saturated heterocycles. The van der Waals surface area contributed by atoms with Crippen LogP contribution in [-0.2, 0) is 4.79 Å². The number of fused-ring (bicyclic) bond motifs is 1. The van der Waals surface area contributed by atoms with Gasteiger partial charge in [-0.1, -0.05) is 48.0 Å². The molecule has 0 atom stereocenters. The van der Waals surface area contributed by atoms with Crippen LogP contribution in [0.15, 0.2) is 66.4 Å². The predicted molar refractivity (Wildman–Crippen MR) is 111 cm³/mol. The number of amides is 3. The fourth-order valence-electron chi connectivity index (χ4n) is 3.24. The Kier molecular flexibility index (Phi) is 4.75. The Bertz CT molecular complexity index is 1120. The van der Waals surface area contributed by atoms with E-state index in [4.69, 9.17) is 16.3 Å². The van der Waals surface area contributed by atoms with E-state index in [-0.39, 0.29) is 5.70 Å². The molecule has 0 aliphatic carbocycles. The van der Waals surface area contributed by atoms with Crippen molar-refractivity contribution in [1.29, 1.82) is 0 Å². The second-order valence-corrected chi connectivity index (χ2v) is 6.68. The largest absolute Gasteiger partial charge is 0.493 e. The van der Waals surface area contributed by atoms with Crippen LogP contribution in [0.1, 0.15) is 12.5 Å². The van der Waals surface area contributed by atoms with Gasteiger partial charge in [-0.25, -0.2) is 9.69 Å². The number of halogens is 1. The molecular weight excluding hydrogens is 376 g/mol. The van der Waals surface area contributed by atoms with Crippen molar-refractivity contribution in [2.24, 2.45) is 0 Å². The molecule has 140 valence electrons. The van der Waals surface area contributed by atoms with E-state index in [1.165, 1.54) is 0 Å². The zero-order valence-electron chi connectivity index (χ0n) is 15.1. The van der Waals surface area contributed by atoms with E-state index in [1.807, 2.05) is 43.3 Å². The summed E-state index contributed by atoms with van der Waals surface area (Å²) in [6.07, 6.45) is 1.68.